The van der Waals surface area contributed by atoms with Crippen LogP contribution in [0.1, 0.15) is 36.0 Å². The van der Waals surface area contributed by atoms with E-state index in [4.69, 9.17) is 16.7 Å². The van der Waals surface area contributed by atoms with Crippen LogP contribution < -0.4 is 0 Å². The number of carboxylic acids is 1. The van der Waals surface area contributed by atoms with Crippen LogP contribution in [0.25, 0.3) is 0 Å². The van der Waals surface area contributed by atoms with Crippen molar-refractivity contribution in [1.29, 1.82) is 0 Å². The van der Waals surface area contributed by atoms with Gasteiger partial charge < -0.3 is 5.11 Å². The number of aryl methyl sites for hydroxylation is 2. The molecule has 0 bridgehead atoms. The monoisotopic (exact) mass is 226 g/mol. The van der Waals surface area contributed by atoms with Crippen molar-refractivity contribution in [2.45, 2.75) is 33.1 Å². The number of aliphatic carboxylic acids is 1. The molecule has 0 aliphatic heterocycles. The van der Waals surface area contributed by atoms with E-state index in [1.807, 2.05) is 32.9 Å². The van der Waals surface area contributed by atoms with Gasteiger partial charge in [0.1, 0.15) is 0 Å². The molecular weight excluding hydrogens is 212 g/mol. The first-order valence-corrected chi connectivity index (χ1v) is 5.28. The summed E-state index contributed by atoms with van der Waals surface area (Å²) in [5.74, 6) is -0.839. The molecule has 0 amide bonds. The molecule has 0 aromatic heterocycles. The van der Waals surface area contributed by atoms with Crippen LogP contribution in [-0.2, 0) is 4.79 Å². The molecule has 0 heterocycles. The Kier molecular flexibility index (Phi) is 3.75. The molecule has 2 nitrogen and oxygen atoms in total. The average Bonchev–Trinajstić information content (AvgIpc) is 1.99. The Labute approximate surface area is 94.9 Å². The molecule has 1 aromatic rings. The molecular formula is C12H15ClO2. The molecule has 1 aromatic carbocycles. The minimum absolute atomic E-state index is 0.0457. The quantitative estimate of drug-likeness (QED) is 0.856. The van der Waals surface area contributed by atoms with E-state index in [2.05, 4.69) is 0 Å². The number of hydrogen-bond donors (Lipinski definition) is 1. The van der Waals surface area contributed by atoms with E-state index in [-0.39, 0.29) is 12.3 Å². The first-order chi connectivity index (χ1) is 6.91. The number of benzene rings is 1. The van der Waals surface area contributed by atoms with Gasteiger partial charge in [-0.05, 0) is 42.5 Å². The van der Waals surface area contributed by atoms with Crippen molar-refractivity contribution in [3.8, 4) is 0 Å². The summed E-state index contributed by atoms with van der Waals surface area (Å²) in [6, 6.07) is 3.90. The van der Waals surface area contributed by atoms with Crippen molar-refractivity contribution in [2.24, 2.45) is 0 Å². The van der Waals surface area contributed by atoms with E-state index in [1.54, 1.807) is 0 Å². The number of carbonyl (C=O) groups is 1. The van der Waals surface area contributed by atoms with Crippen molar-refractivity contribution in [3.63, 3.8) is 0 Å². The molecule has 0 radical (unpaired) electrons. The van der Waals surface area contributed by atoms with E-state index in [0.29, 0.717) is 5.02 Å². The van der Waals surface area contributed by atoms with Gasteiger partial charge in [0.25, 0.3) is 0 Å². The van der Waals surface area contributed by atoms with E-state index in [0.717, 1.165) is 16.7 Å². The lowest BCUT2D eigenvalue weighted by atomic mass is 9.92. The van der Waals surface area contributed by atoms with Gasteiger partial charge >= 0.3 is 5.97 Å². The Balaban J connectivity index is 3.08. The predicted octanol–water partition coefficient (Wildman–Crippen LogP) is 3.54. The maximum absolute atomic E-state index is 10.6. The highest BCUT2D eigenvalue weighted by Crippen LogP contribution is 2.30. The first-order valence-electron chi connectivity index (χ1n) is 4.90. The Morgan fingerprint density at radius 3 is 2.53 bits per heavy atom. The number of rotatable bonds is 3. The highest BCUT2D eigenvalue weighted by Gasteiger charge is 2.15. The fourth-order valence-electron chi connectivity index (χ4n) is 1.91. The Bertz CT molecular complexity index is 362. The molecule has 1 unspecified atom stereocenters. The standard InChI is InChI=1S/C12H15ClO2/c1-7-4-8(2)12(10(13)5-7)9(3)6-11(14)15/h4-5,9H,6H2,1-3H3,(H,14,15). The predicted molar refractivity (Wildman–Crippen MR) is 61.6 cm³/mol. The van der Waals surface area contributed by atoms with Crippen molar-refractivity contribution in [2.75, 3.05) is 0 Å². The summed E-state index contributed by atoms with van der Waals surface area (Å²) in [7, 11) is 0. The average molecular weight is 227 g/mol. The summed E-state index contributed by atoms with van der Waals surface area (Å²) < 4.78 is 0. The van der Waals surface area contributed by atoms with Gasteiger partial charge in [0.05, 0.1) is 6.42 Å². The van der Waals surface area contributed by atoms with Crippen LogP contribution in [0.5, 0.6) is 0 Å². The van der Waals surface area contributed by atoms with Crippen LogP contribution in [0.3, 0.4) is 0 Å². The zero-order valence-corrected chi connectivity index (χ0v) is 9.93. The Morgan fingerprint density at radius 2 is 2.07 bits per heavy atom. The first kappa shape index (κ1) is 12.1. The SMILES string of the molecule is Cc1cc(C)c(C(C)CC(=O)O)c(Cl)c1. The van der Waals surface area contributed by atoms with E-state index in [9.17, 15) is 4.79 Å². The molecule has 0 spiro atoms. The van der Waals surface area contributed by atoms with Gasteiger partial charge in [0, 0.05) is 5.02 Å². The van der Waals surface area contributed by atoms with Crippen molar-refractivity contribution in [3.05, 3.63) is 33.8 Å². The highest BCUT2D eigenvalue weighted by molar-refractivity contribution is 6.31. The highest BCUT2D eigenvalue weighted by atomic mass is 35.5. The van der Waals surface area contributed by atoms with Gasteiger partial charge in [-0.3, -0.25) is 4.79 Å². The fraction of sp³-hybridized carbons (Fsp3) is 0.417. The lowest BCUT2D eigenvalue weighted by molar-refractivity contribution is -0.137. The minimum Gasteiger partial charge on any atom is -0.481 e. The van der Waals surface area contributed by atoms with Gasteiger partial charge in [0.2, 0.25) is 0 Å². The summed E-state index contributed by atoms with van der Waals surface area (Å²) in [5, 5.41) is 9.41. The summed E-state index contributed by atoms with van der Waals surface area (Å²) in [5.41, 5.74) is 3.11. The van der Waals surface area contributed by atoms with Crippen LogP contribution in [0.2, 0.25) is 5.02 Å². The zero-order chi connectivity index (χ0) is 11.6. The molecule has 0 aliphatic rings. The van der Waals surface area contributed by atoms with E-state index >= 15 is 0 Å². The lowest BCUT2D eigenvalue weighted by Crippen LogP contribution is -2.05. The molecule has 1 rings (SSSR count). The van der Waals surface area contributed by atoms with Crippen LogP contribution >= 0.6 is 11.6 Å². The third kappa shape index (κ3) is 2.96. The Morgan fingerprint density at radius 1 is 1.47 bits per heavy atom. The Hall–Kier alpha value is -1.02. The second-order valence-electron chi connectivity index (χ2n) is 3.98. The van der Waals surface area contributed by atoms with E-state index in [1.165, 1.54) is 0 Å². The normalized spacial score (nSPS) is 12.5. The molecule has 82 valence electrons. The zero-order valence-electron chi connectivity index (χ0n) is 9.17. The van der Waals surface area contributed by atoms with Gasteiger partial charge in [-0.1, -0.05) is 24.6 Å². The lowest BCUT2D eigenvalue weighted by Gasteiger charge is -2.15. The molecule has 3 heteroatoms. The third-order valence-corrected chi connectivity index (χ3v) is 2.77. The molecule has 0 saturated heterocycles. The number of carboxylic acid groups (broad SMARTS) is 1. The molecule has 1 N–H and O–H groups in total. The van der Waals surface area contributed by atoms with E-state index < -0.39 is 5.97 Å². The summed E-state index contributed by atoms with van der Waals surface area (Å²) in [6.45, 7) is 5.83. The van der Waals surface area contributed by atoms with Crippen LogP contribution in [0, 0.1) is 13.8 Å². The second kappa shape index (κ2) is 4.67. The van der Waals surface area contributed by atoms with Gasteiger partial charge in [-0.2, -0.15) is 0 Å². The van der Waals surface area contributed by atoms with Crippen molar-refractivity contribution in [1.82, 2.24) is 0 Å². The number of hydrogen-bond acceptors (Lipinski definition) is 1. The maximum atomic E-state index is 10.6. The molecule has 15 heavy (non-hydrogen) atoms. The summed E-state index contributed by atoms with van der Waals surface area (Å²) in [4.78, 5) is 10.6. The molecule has 0 aliphatic carbocycles. The van der Waals surface area contributed by atoms with Gasteiger partial charge in [-0.15, -0.1) is 0 Å². The van der Waals surface area contributed by atoms with Gasteiger partial charge in [-0.25, -0.2) is 0 Å². The second-order valence-corrected chi connectivity index (χ2v) is 4.38. The smallest absolute Gasteiger partial charge is 0.303 e. The van der Waals surface area contributed by atoms with Crippen molar-refractivity contribution >= 4 is 17.6 Å². The van der Waals surface area contributed by atoms with Gasteiger partial charge in [0.15, 0.2) is 0 Å². The largest absolute Gasteiger partial charge is 0.481 e. The fourth-order valence-corrected chi connectivity index (χ4v) is 2.42. The summed E-state index contributed by atoms with van der Waals surface area (Å²) in [6.07, 6.45) is 0.115. The molecule has 1 atom stereocenters. The van der Waals surface area contributed by atoms with Crippen LogP contribution in [0.4, 0.5) is 0 Å². The minimum atomic E-state index is -0.793. The third-order valence-electron chi connectivity index (χ3n) is 2.45. The molecule has 0 fully saturated rings. The number of halogens is 1. The van der Waals surface area contributed by atoms with Crippen molar-refractivity contribution < 1.29 is 9.90 Å². The summed E-state index contributed by atoms with van der Waals surface area (Å²) >= 11 is 6.12. The molecule has 0 saturated carbocycles. The topological polar surface area (TPSA) is 37.3 Å². The van der Waals surface area contributed by atoms with Crippen LogP contribution in [0.15, 0.2) is 12.1 Å². The maximum Gasteiger partial charge on any atom is 0.303 e. The van der Waals surface area contributed by atoms with Crippen LogP contribution in [-0.4, -0.2) is 11.1 Å².